The highest BCUT2D eigenvalue weighted by Gasteiger charge is 2.07. The normalized spacial score (nSPS) is 10.5. The molecule has 1 N–H and O–H groups in total. The van der Waals surface area contributed by atoms with E-state index in [0.29, 0.717) is 0 Å². The van der Waals surface area contributed by atoms with E-state index < -0.39 is 0 Å². The summed E-state index contributed by atoms with van der Waals surface area (Å²) in [6, 6.07) is 8.14. The number of nitrogens with zero attached hydrogens (tertiary/aromatic N) is 2. The van der Waals surface area contributed by atoms with E-state index in [1.807, 2.05) is 18.2 Å². The molecule has 2 rings (SSSR count). The van der Waals surface area contributed by atoms with Crippen LogP contribution in [0.5, 0.6) is 0 Å². The monoisotopic (exact) mass is 383 g/mol. The lowest BCUT2D eigenvalue weighted by Crippen LogP contribution is -2.06. The molecule has 3 nitrogen and oxygen atoms in total. The average Bonchev–Trinajstić information content (AvgIpc) is 2.42. The van der Waals surface area contributed by atoms with Crippen LogP contribution < -0.4 is 5.32 Å². The highest BCUT2D eigenvalue weighted by molar-refractivity contribution is 9.10. The SMILES string of the molecule is CCCNc1nc(Cc2ccccc2Br)ncc1Br. The summed E-state index contributed by atoms with van der Waals surface area (Å²) in [5.41, 5.74) is 1.19. The zero-order chi connectivity index (χ0) is 13.7. The number of rotatable bonds is 5. The van der Waals surface area contributed by atoms with Crippen LogP contribution in [0.15, 0.2) is 39.4 Å². The van der Waals surface area contributed by atoms with Crippen molar-refractivity contribution >= 4 is 37.7 Å². The lowest BCUT2D eigenvalue weighted by atomic mass is 10.1. The van der Waals surface area contributed by atoms with Gasteiger partial charge in [0.25, 0.3) is 0 Å². The van der Waals surface area contributed by atoms with Gasteiger partial charge in [0.15, 0.2) is 0 Å². The fraction of sp³-hybridized carbons (Fsp3) is 0.286. The Morgan fingerprint density at radius 1 is 1.16 bits per heavy atom. The minimum Gasteiger partial charge on any atom is -0.369 e. The summed E-state index contributed by atoms with van der Waals surface area (Å²) in [4.78, 5) is 8.92. The summed E-state index contributed by atoms with van der Waals surface area (Å²) < 4.78 is 1.99. The molecular weight excluding hydrogens is 370 g/mol. The number of halogens is 2. The van der Waals surface area contributed by atoms with Crippen LogP contribution >= 0.6 is 31.9 Å². The van der Waals surface area contributed by atoms with Crippen LogP contribution in [-0.2, 0) is 6.42 Å². The number of hydrogen-bond acceptors (Lipinski definition) is 3. The molecule has 0 bridgehead atoms. The predicted molar refractivity (Wildman–Crippen MR) is 85.5 cm³/mol. The van der Waals surface area contributed by atoms with Gasteiger partial charge in [-0.1, -0.05) is 41.1 Å². The van der Waals surface area contributed by atoms with E-state index in [1.54, 1.807) is 6.20 Å². The number of hydrogen-bond donors (Lipinski definition) is 1. The van der Waals surface area contributed by atoms with Crippen LogP contribution in [0.1, 0.15) is 24.7 Å². The van der Waals surface area contributed by atoms with Gasteiger partial charge in [-0.3, -0.25) is 0 Å². The first kappa shape index (κ1) is 14.5. The van der Waals surface area contributed by atoms with Gasteiger partial charge in [0.2, 0.25) is 0 Å². The molecule has 0 atom stereocenters. The second-order valence-electron chi connectivity index (χ2n) is 4.18. The Labute approximate surface area is 130 Å². The van der Waals surface area contributed by atoms with Gasteiger partial charge >= 0.3 is 0 Å². The molecule has 100 valence electrons. The van der Waals surface area contributed by atoms with Crippen LogP contribution in [0.2, 0.25) is 0 Å². The summed E-state index contributed by atoms with van der Waals surface area (Å²) in [6.07, 6.45) is 3.59. The van der Waals surface area contributed by atoms with Crippen molar-refractivity contribution < 1.29 is 0 Å². The first-order valence-corrected chi connectivity index (χ1v) is 7.78. The molecular formula is C14H15Br2N3. The van der Waals surface area contributed by atoms with E-state index in [0.717, 1.165) is 40.0 Å². The van der Waals surface area contributed by atoms with Gasteiger partial charge in [0.05, 0.1) is 4.47 Å². The molecule has 0 fully saturated rings. The summed E-state index contributed by atoms with van der Waals surface area (Å²) in [7, 11) is 0. The fourth-order valence-electron chi connectivity index (χ4n) is 1.67. The topological polar surface area (TPSA) is 37.8 Å². The summed E-state index contributed by atoms with van der Waals surface area (Å²) in [5.74, 6) is 1.67. The molecule has 0 radical (unpaired) electrons. The highest BCUT2D eigenvalue weighted by Crippen LogP contribution is 2.22. The van der Waals surface area contributed by atoms with Gasteiger partial charge in [-0.15, -0.1) is 0 Å². The first-order chi connectivity index (χ1) is 9.20. The maximum absolute atomic E-state index is 4.56. The molecule has 5 heteroatoms. The summed E-state index contributed by atoms with van der Waals surface area (Å²) in [5, 5.41) is 3.29. The molecule has 0 saturated heterocycles. The zero-order valence-corrected chi connectivity index (χ0v) is 13.8. The second-order valence-corrected chi connectivity index (χ2v) is 5.89. The van der Waals surface area contributed by atoms with Crippen molar-refractivity contribution in [3.05, 3.63) is 50.8 Å². The maximum Gasteiger partial charge on any atom is 0.144 e. The van der Waals surface area contributed by atoms with Crippen molar-refractivity contribution in [3.63, 3.8) is 0 Å². The Hall–Kier alpha value is -0.940. The maximum atomic E-state index is 4.56. The molecule has 0 saturated carbocycles. The van der Waals surface area contributed by atoms with Gasteiger partial charge in [-0.25, -0.2) is 9.97 Å². The summed E-state index contributed by atoms with van der Waals surface area (Å²) in [6.45, 7) is 3.04. The summed E-state index contributed by atoms with van der Waals surface area (Å²) >= 11 is 7.01. The molecule has 2 aromatic rings. The number of aromatic nitrogens is 2. The minimum atomic E-state index is 0.718. The Kier molecular flexibility index (Phi) is 5.34. The first-order valence-electron chi connectivity index (χ1n) is 6.19. The molecule has 0 unspecified atom stereocenters. The van der Waals surface area contributed by atoms with E-state index in [2.05, 4.69) is 60.1 Å². The Balaban J connectivity index is 2.19. The third-order valence-electron chi connectivity index (χ3n) is 2.64. The molecule has 0 aliphatic rings. The van der Waals surface area contributed by atoms with E-state index >= 15 is 0 Å². The highest BCUT2D eigenvalue weighted by atomic mass is 79.9. The van der Waals surface area contributed by atoms with Crippen molar-refractivity contribution in [2.45, 2.75) is 19.8 Å². The van der Waals surface area contributed by atoms with Crippen molar-refractivity contribution in [1.82, 2.24) is 9.97 Å². The van der Waals surface area contributed by atoms with E-state index in [1.165, 1.54) is 5.56 Å². The Morgan fingerprint density at radius 3 is 2.68 bits per heavy atom. The third-order valence-corrected chi connectivity index (χ3v) is 4.00. The lowest BCUT2D eigenvalue weighted by molar-refractivity contribution is 0.925. The molecule has 0 spiro atoms. The molecule has 0 aliphatic heterocycles. The van der Waals surface area contributed by atoms with Crippen molar-refractivity contribution in [2.24, 2.45) is 0 Å². The molecule has 1 aromatic carbocycles. The van der Waals surface area contributed by atoms with Crippen molar-refractivity contribution in [3.8, 4) is 0 Å². The Bertz CT molecular complexity index is 558. The molecule has 1 heterocycles. The minimum absolute atomic E-state index is 0.718. The van der Waals surface area contributed by atoms with E-state index in [-0.39, 0.29) is 0 Å². The van der Waals surface area contributed by atoms with Crippen LogP contribution in [-0.4, -0.2) is 16.5 Å². The van der Waals surface area contributed by atoms with Gasteiger partial charge in [-0.05, 0) is 34.0 Å². The standard InChI is InChI=1S/C14H15Br2N3/c1-2-7-17-14-12(16)9-18-13(19-14)8-10-5-3-4-6-11(10)15/h3-6,9H,2,7-8H2,1H3,(H,17,18,19). The van der Waals surface area contributed by atoms with E-state index in [4.69, 9.17) is 0 Å². The lowest BCUT2D eigenvalue weighted by Gasteiger charge is -2.08. The quantitative estimate of drug-likeness (QED) is 0.829. The molecule has 19 heavy (non-hydrogen) atoms. The van der Waals surface area contributed by atoms with Crippen LogP contribution in [0.25, 0.3) is 0 Å². The third kappa shape index (κ3) is 4.01. The van der Waals surface area contributed by atoms with Crippen LogP contribution in [0.3, 0.4) is 0 Å². The molecule has 0 aliphatic carbocycles. The number of benzene rings is 1. The smallest absolute Gasteiger partial charge is 0.144 e. The second kappa shape index (κ2) is 7.01. The number of anilines is 1. The number of nitrogens with one attached hydrogen (secondary N) is 1. The fourth-order valence-corrected chi connectivity index (χ4v) is 2.42. The predicted octanol–water partition coefficient (Wildman–Crippen LogP) is 4.41. The van der Waals surface area contributed by atoms with Crippen LogP contribution in [0.4, 0.5) is 5.82 Å². The van der Waals surface area contributed by atoms with Gasteiger partial charge < -0.3 is 5.32 Å². The van der Waals surface area contributed by atoms with Gasteiger partial charge in [0, 0.05) is 23.6 Å². The van der Waals surface area contributed by atoms with Gasteiger partial charge in [0.1, 0.15) is 11.6 Å². The van der Waals surface area contributed by atoms with Crippen molar-refractivity contribution in [2.75, 3.05) is 11.9 Å². The average molecular weight is 385 g/mol. The van der Waals surface area contributed by atoms with Gasteiger partial charge in [-0.2, -0.15) is 0 Å². The molecule has 1 aromatic heterocycles. The van der Waals surface area contributed by atoms with E-state index in [9.17, 15) is 0 Å². The van der Waals surface area contributed by atoms with Crippen molar-refractivity contribution in [1.29, 1.82) is 0 Å². The van der Waals surface area contributed by atoms with Crippen LogP contribution in [0, 0.1) is 0 Å². The Morgan fingerprint density at radius 2 is 1.95 bits per heavy atom. The zero-order valence-electron chi connectivity index (χ0n) is 10.7. The molecule has 0 amide bonds. The largest absolute Gasteiger partial charge is 0.369 e.